The number of anilines is 1. The lowest BCUT2D eigenvalue weighted by molar-refractivity contribution is -0.126. The molecule has 1 fully saturated rings. The molecule has 3 rings (SSSR count). The number of nitrogens with zero attached hydrogens (tertiary/aromatic N) is 1. The third-order valence-electron chi connectivity index (χ3n) is 4.52. The first kappa shape index (κ1) is 17.7. The molecule has 1 aliphatic heterocycles. The molecule has 2 unspecified atom stereocenters. The summed E-state index contributed by atoms with van der Waals surface area (Å²) < 4.78 is 0. The molecule has 0 aromatic heterocycles. The molecule has 0 saturated carbocycles. The third kappa shape index (κ3) is 3.59. The van der Waals surface area contributed by atoms with E-state index in [0.29, 0.717) is 12.0 Å². The van der Waals surface area contributed by atoms with Gasteiger partial charge in [0.2, 0.25) is 11.8 Å². The molecule has 0 aliphatic carbocycles. The maximum atomic E-state index is 12.7. The van der Waals surface area contributed by atoms with Gasteiger partial charge in [0.1, 0.15) is 6.04 Å². The third-order valence-corrected chi connectivity index (χ3v) is 4.52. The zero-order valence-electron chi connectivity index (χ0n) is 14.4. The molecule has 0 radical (unpaired) electrons. The minimum absolute atomic E-state index is 0.0264. The fourth-order valence-electron chi connectivity index (χ4n) is 3.32. The van der Waals surface area contributed by atoms with E-state index in [9.17, 15) is 19.5 Å². The lowest BCUT2D eigenvalue weighted by atomic mass is 10.0. The SMILES string of the molecule is CC1CC(NC(=O)Cc2ccccc2C(=O)O)C(=O)N1c1ccccc1. The number of carbonyl (C=O) groups excluding carboxylic acids is 2. The molecule has 0 spiro atoms. The van der Waals surface area contributed by atoms with Crippen LogP contribution >= 0.6 is 0 Å². The maximum Gasteiger partial charge on any atom is 0.335 e. The average molecular weight is 352 g/mol. The molecule has 1 saturated heterocycles. The van der Waals surface area contributed by atoms with Crippen LogP contribution in [0.4, 0.5) is 5.69 Å². The Kier molecular flexibility index (Phi) is 5.02. The van der Waals surface area contributed by atoms with Crippen molar-refractivity contribution in [3.05, 3.63) is 65.7 Å². The molecule has 2 aromatic carbocycles. The fourth-order valence-corrected chi connectivity index (χ4v) is 3.32. The number of carboxylic acids is 1. The highest BCUT2D eigenvalue weighted by Gasteiger charge is 2.38. The number of carboxylic acid groups (broad SMARTS) is 1. The van der Waals surface area contributed by atoms with Crippen LogP contribution in [0, 0.1) is 0 Å². The van der Waals surface area contributed by atoms with Crippen LogP contribution in [0.15, 0.2) is 54.6 Å². The van der Waals surface area contributed by atoms with Crippen LogP contribution in [0.2, 0.25) is 0 Å². The van der Waals surface area contributed by atoms with Crippen molar-refractivity contribution < 1.29 is 19.5 Å². The van der Waals surface area contributed by atoms with E-state index in [1.54, 1.807) is 23.1 Å². The molecule has 6 heteroatoms. The molecule has 26 heavy (non-hydrogen) atoms. The Morgan fingerprint density at radius 2 is 1.77 bits per heavy atom. The summed E-state index contributed by atoms with van der Waals surface area (Å²) in [6.07, 6.45) is 0.437. The highest BCUT2D eigenvalue weighted by atomic mass is 16.4. The van der Waals surface area contributed by atoms with Crippen molar-refractivity contribution in [2.24, 2.45) is 0 Å². The summed E-state index contributed by atoms with van der Waals surface area (Å²) >= 11 is 0. The van der Waals surface area contributed by atoms with Crippen LogP contribution in [-0.4, -0.2) is 35.0 Å². The van der Waals surface area contributed by atoms with Gasteiger partial charge in [0, 0.05) is 11.7 Å². The standard InChI is InChI=1S/C20H20N2O4/c1-13-11-17(19(24)22(13)15-8-3-2-4-9-15)21-18(23)12-14-7-5-6-10-16(14)20(25)26/h2-10,13,17H,11-12H2,1H3,(H,21,23)(H,25,26). The number of hydrogen-bond acceptors (Lipinski definition) is 3. The second-order valence-corrected chi connectivity index (χ2v) is 6.39. The quantitative estimate of drug-likeness (QED) is 0.864. The first-order valence-electron chi connectivity index (χ1n) is 8.46. The minimum atomic E-state index is -1.07. The fraction of sp³-hybridized carbons (Fsp3) is 0.250. The summed E-state index contributed by atoms with van der Waals surface area (Å²) in [5.74, 6) is -1.59. The molecule has 0 bridgehead atoms. The van der Waals surface area contributed by atoms with Crippen LogP contribution in [0.5, 0.6) is 0 Å². The predicted molar refractivity (Wildman–Crippen MR) is 97.0 cm³/mol. The lowest BCUT2D eigenvalue weighted by Gasteiger charge is -2.21. The van der Waals surface area contributed by atoms with E-state index in [1.807, 2.05) is 37.3 Å². The molecule has 2 N–H and O–H groups in total. The molecule has 2 aromatic rings. The van der Waals surface area contributed by atoms with Crippen molar-refractivity contribution in [2.45, 2.75) is 31.8 Å². The Balaban J connectivity index is 1.69. The Hall–Kier alpha value is -3.15. The van der Waals surface area contributed by atoms with Gasteiger partial charge in [-0.25, -0.2) is 4.79 Å². The molecule has 6 nitrogen and oxygen atoms in total. The zero-order chi connectivity index (χ0) is 18.7. The van der Waals surface area contributed by atoms with E-state index in [-0.39, 0.29) is 29.8 Å². The molecule has 134 valence electrons. The lowest BCUT2D eigenvalue weighted by Crippen LogP contribution is -2.42. The van der Waals surface area contributed by atoms with Crippen molar-refractivity contribution >= 4 is 23.5 Å². The number of carbonyl (C=O) groups is 3. The largest absolute Gasteiger partial charge is 0.478 e. The highest BCUT2D eigenvalue weighted by Crippen LogP contribution is 2.26. The molecular weight excluding hydrogens is 332 g/mol. The zero-order valence-corrected chi connectivity index (χ0v) is 14.4. The van der Waals surface area contributed by atoms with Gasteiger partial charge in [-0.1, -0.05) is 36.4 Å². The molecule has 1 heterocycles. The second kappa shape index (κ2) is 7.39. The van der Waals surface area contributed by atoms with E-state index in [4.69, 9.17) is 0 Å². The van der Waals surface area contributed by atoms with Crippen LogP contribution < -0.4 is 10.2 Å². The van der Waals surface area contributed by atoms with E-state index in [0.717, 1.165) is 5.69 Å². The van der Waals surface area contributed by atoms with Gasteiger partial charge >= 0.3 is 5.97 Å². The first-order chi connectivity index (χ1) is 12.5. The second-order valence-electron chi connectivity index (χ2n) is 6.39. The number of amides is 2. The van der Waals surface area contributed by atoms with Crippen LogP contribution in [-0.2, 0) is 16.0 Å². The van der Waals surface area contributed by atoms with Crippen LogP contribution in [0.3, 0.4) is 0 Å². The van der Waals surface area contributed by atoms with Crippen LogP contribution in [0.25, 0.3) is 0 Å². The van der Waals surface area contributed by atoms with Gasteiger partial charge in [0.25, 0.3) is 0 Å². The Morgan fingerprint density at radius 1 is 1.12 bits per heavy atom. The highest BCUT2D eigenvalue weighted by molar-refractivity contribution is 6.02. The number of benzene rings is 2. The summed E-state index contributed by atoms with van der Waals surface area (Å²) in [5, 5.41) is 12.0. The van der Waals surface area contributed by atoms with Gasteiger partial charge in [-0.2, -0.15) is 0 Å². The van der Waals surface area contributed by atoms with Gasteiger partial charge in [0.05, 0.1) is 12.0 Å². The number of para-hydroxylation sites is 1. The normalized spacial score (nSPS) is 19.4. The van der Waals surface area contributed by atoms with Crippen molar-refractivity contribution in [2.75, 3.05) is 4.90 Å². The minimum Gasteiger partial charge on any atom is -0.478 e. The van der Waals surface area contributed by atoms with E-state index in [2.05, 4.69) is 5.32 Å². The van der Waals surface area contributed by atoms with Crippen molar-refractivity contribution in [3.8, 4) is 0 Å². The smallest absolute Gasteiger partial charge is 0.335 e. The van der Waals surface area contributed by atoms with Crippen molar-refractivity contribution in [3.63, 3.8) is 0 Å². The number of aromatic carboxylic acids is 1. The van der Waals surface area contributed by atoms with Gasteiger partial charge in [-0.15, -0.1) is 0 Å². The summed E-state index contributed by atoms with van der Waals surface area (Å²) in [4.78, 5) is 38.0. The molecule has 2 atom stereocenters. The molecule has 1 aliphatic rings. The molecular formula is C20H20N2O4. The van der Waals surface area contributed by atoms with Gasteiger partial charge < -0.3 is 15.3 Å². The van der Waals surface area contributed by atoms with Gasteiger partial charge in [-0.3, -0.25) is 9.59 Å². The van der Waals surface area contributed by atoms with E-state index in [1.165, 1.54) is 6.07 Å². The Bertz CT molecular complexity index is 835. The topological polar surface area (TPSA) is 86.7 Å². The predicted octanol–water partition coefficient (Wildman–Crippen LogP) is 2.24. The maximum absolute atomic E-state index is 12.7. The van der Waals surface area contributed by atoms with Crippen LogP contribution in [0.1, 0.15) is 29.3 Å². The number of hydrogen-bond donors (Lipinski definition) is 2. The summed E-state index contributed by atoms with van der Waals surface area (Å²) in [5.41, 5.74) is 1.33. The monoisotopic (exact) mass is 352 g/mol. The van der Waals surface area contributed by atoms with E-state index >= 15 is 0 Å². The Labute approximate surface area is 151 Å². The van der Waals surface area contributed by atoms with E-state index < -0.39 is 12.0 Å². The first-order valence-corrected chi connectivity index (χ1v) is 8.46. The van der Waals surface area contributed by atoms with Gasteiger partial charge in [-0.05, 0) is 37.1 Å². The van der Waals surface area contributed by atoms with Crippen molar-refractivity contribution in [1.82, 2.24) is 5.32 Å². The summed E-state index contributed by atoms with van der Waals surface area (Å²) in [6, 6.07) is 15.1. The number of nitrogens with one attached hydrogen (secondary N) is 1. The number of rotatable bonds is 5. The molecule has 2 amide bonds. The summed E-state index contributed by atoms with van der Waals surface area (Å²) in [7, 11) is 0. The van der Waals surface area contributed by atoms with Crippen molar-refractivity contribution in [1.29, 1.82) is 0 Å². The average Bonchev–Trinajstić information content (AvgIpc) is 2.89. The Morgan fingerprint density at radius 3 is 2.46 bits per heavy atom. The summed E-state index contributed by atoms with van der Waals surface area (Å²) in [6.45, 7) is 1.94. The van der Waals surface area contributed by atoms with Gasteiger partial charge in [0.15, 0.2) is 0 Å².